The summed E-state index contributed by atoms with van der Waals surface area (Å²) in [4.78, 5) is 32.5. The quantitative estimate of drug-likeness (QED) is 0.468. The van der Waals surface area contributed by atoms with Crippen molar-refractivity contribution < 1.29 is 14.3 Å². The Kier molecular flexibility index (Phi) is 6.94. The van der Waals surface area contributed by atoms with Crippen molar-refractivity contribution in [3.8, 4) is 5.75 Å². The molecule has 3 aromatic rings. The molecule has 0 aliphatic carbocycles. The summed E-state index contributed by atoms with van der Waals surface area (Å²) in [5.41, 5.74) is 1.55. The van der Waals surface area contributed by atoms with Gasteiger partial charge in [0.2, 0.25) is 5.91 Å². The number of hydrogen-bond donors (Lipinski definition) is 1. The van der Waals surface area contributed by atoms with E-state index in [2.05, 4.69) is 10.3 Å². The van der Waals surface area contributed by atoms with Crippen LogP contribution in [0.1, 0.15) is 4.88 Å². The second-order valence-electron chi connectivity index (χ2n) is 6.60. The monoisotopic (exact) mass is 483 g/mol. The number of methoxy groups -OCH3 is 1. The maximum absolute atomic E-state index is 13.2. The number of carbonyl (C=O) groups is 2. The maximum atomic E-state index is 13.2. The van der Waals surface area contributed by atoms with Gasteiger partial charge in [-0.25, -0.2) is 4.99 Å². The third-order valence-corrected chi connectivity index (χ3v) is 6.49. The predicted molar refractivity (Wildman–Crippen MR) is 133 cm³/mol. The molecule has 0 fully saturated rings. The van der Waals surface area contributed by atoms with Gasteiger partial charge in [-0.15, -0.1) is 11.3 Å². The van der Waals surface area contributed by atoms with Gasteiger partial charge in [-0.1, -0.05) is 47.6 Å². The number of nitrogens with one attached hydrogen (secondary N) is 1. The SMILES string of the molecule is COc1ccc(N2C(=O)/C(=C/c3cccs3)N=C2SCC(=O)Nc2ccccc2)cc1Cl. The average Bonchev–Trinajstić information content (AvgIpc) is 3.41. The molecule has 32 heavy (non-hydrogen) atoms. The van der Waals surface area contributed by atoms with Crippen LogP contribution in [0, 0.1) is 0 Å². The number of amides is 2. The zero-order valence-corrected chi connectivity index (χ0v) is 19.3. The summed E-state index contributed by atoms with van der Waals surface area (Å²) in [5.74, 6) is 0.114. The number of thiophene rings is 1. The van der Waals surface area contributed by atoms with Crippen molar-refractivity contribution in [2.24, 2.45) is 4.99 Å². The molecule has 1 aromatic heterocycles. The van der Waals surface area contributed by atoms with Crippen LogP contribution in [-0.2, 0) is 9.59 Å². The van der Waals surface area contributed by atoms with Gasteiger partial charge in [-0.05, 0) is 47.9 Å². The van der Waals surface area contributed by atoms with Crippen molar-refractivity contribution >= 4 is 69.1 Å². The molecule has 0 atom stereocenters. The number of thioether (sulfide) groups is 1. The van der Waals surface area contributed by atoms with Crippen molar-refractivity contribution in [1.82, 2.24) is 0 Å². The van der Waals surface area contributed by atoms with E-state index in [9.17, 15) is 9.59 Å². The fourth-order valence-electron chi connectivity index (χ4n) is 2.97. The van der Waals surface area contributed by atoms with E-state index >= 15 is 0 Å². The number of carbonyl (C=O) groups excluding carboxylic acids is 2. The second-order valence-corrected chi connectivity index (χ2v) is 8.93. The molecule has 1 aliphatic rings. The molecular weight excluding hydrogens is 466 g/mol. The highest BCUT2D eigenvalue weighted by atomic mass is 35.5. The number of nitrogens with zero attached hydrogens (tertiary/aromatic N) is 2. The largest absolute Gasteiger partial charge is 0.495 e. The van der Waals surface area contributed by atoms with Crippen molar-refractivity contribution in [3.63, 3.8) is 0 Å². The minimum Gasteiger partial charge on any atom is -0.495 e. The van der Waals surface area contributed by atoms with E-state index in [1.165, 1.54) is 35.1 Å². The van der Waals surface area contributed by atoms with Crippen LogP contribution in [0.2, 0.25) is 5.02 Å². The lowest BCUT2D eigenvalue weighted by Crippen LogP contribution is -2.31. The molecule has 0 bridgehead atoms. The van der Waals surface area contributed by atoms with Gasteiger partial charge in [0.25, 0.3) is 5.91 Å². The smallest absolute Gasteiger partial charge is 0.283 e. The van der Waals surface area contributed by atoms with Crippen LogP contribution < -0.4 is 15.0 Å². The summed E-state index contributed by atoms with van der Waals surface area (Å²) in [6, 6.07) is 18.1. The third-order valence-electron chi connectivity index (χ3n) is 4.44. The van der Waals surface area contributed by atoms with Gasteiger partial charge in [0.05, 0.1) is 23.6 Å². The average molecular weight is 484 g/mol. The van der Waals surface area contributed by atoms with Gasteiger partial charge in [0.1, 0.15) is 11.4 Å². The zero-order valence-electron chi connectivity index (χ0n) is 16.9. The number of ether oxygens (including phenoxy) is 1. The number of benzene rings is 2. The molecule has 0 spiro atoms. The zero-order chi connectivity index (χ0) is 22.5. The highest BCUT2D eigenvalue weighted by molar-refractivity contribution is 8.14. The Morgan fingerprint density at radius 2 is 2.03 bits per heavy atom. The Bertz CT molecular complexity index is 1190. The lowest BCUT2D eigenvalue weighted by Gasteiger charge is -2.18. The van der Waals surface area contributed by atoms with Crippen LogP contribution in [0.15, 0.2) is 76.7 Å². The molecule has 162 valence electrons. The first-order valence-electron chi connectivity index (χ1n) is 9.55. The summed E-state index contributed by atoms with van der Waals surface area (Å²) >= 11 is 8.98. The summed E-state index contributed by atoms with van der Waals surface area (Å²) in [5, 5.41) is 5.54. The van der Waals surface area contributed by atoms with Gasteiger partial charge >= 0.3 is 0 Å². The predicted octanol–water partition coefficient (Wildman–Crippen LogP) is 5.53. The molecule has 2 aromatic carbocycles. The van der Waals surface area contributed by atoms with Crippen LogP contribution in [0.5, 0.6) is 5.75 Å². The summed E-state index contributed by atoms with van der Waals surface area (Å²) in [7, 11) is 1.53. The van der Waals surface area contributed by atoms with E-state index in [1.54, 1.807) is 24.3 Å². The number of halogens is 1. The van der Waals surface area contributed by atoms with E-state index in [4.69, 9.17) is 16.3 Å². The normalized spacial score (nSPS) is 14.6. The molecule has 0 saturated carbocycles. The van der Waals surface area contributed by atoms with Crippen LogP contribution >= 0.6 is 34.7 Å². The first kappa shape index (κ1) is 22.1. The third kappa shape index (κ3) is 5.04. The van der Waals surface area contributed by atoms with Crippen LogP contribution in [-0.4, -0.2) is 29.8 Å². The lowest BCUT2D eigenvalue weighted by molar-refractivity contribution is -0.114. The van der Waals surface area contributed by atoms with E-state index in [1.807, 2.05) is 47.8 Å². The Hall–Kier alpha value is -3.07. The molecule has 4 rings (SSSR count). The molecule has 1 aliphatic heterocycles. The van der Waals surface area contributed by atoms with Gasteiger partial charge < -0.3 is 10.1 Å². The maximum Gasteiger partial charge on any atom is 0.283 e. The molecule has 2 heterocycles. The minimum absolute atomic E-state index is 0.0909. The molecule has 0 unspecified atom stereocenters. The Labute approximate surface area is 198 Å². The number of aliphatic imine (C=N–C) groups is 1. The first-order chi connectivity index (χ1) is 15.5. The number of hydrogen-bond acceptors (Lipinski definition) is 6. The summed E-state index contributed by atoms with van der Waals surface area (Å²) in [6.45, 7) is 0. The van der Waals surface area contributed by atoms with E-state index in [-0.39, 0.29) is 17.6 Å². The van der Waals surface area contributed by atoms with Crippen molar-refractivity contribution in [1.29, 1.82) is 0 Å². The topological polar surface area (TPSA) is 71.0 Å². The van der Waals surface area contributed by atoms with Crippen LogP contribution in [0.3, 0.4) is 0 Å². The fourth-order valence-corrected chi connectivity index (χ4v) is 4.69. The highest BCUT2D eigenvalue weighted by Gasteiger charge is 2.33. The molecule has 1 N–H and O–H groups in total. The van der Waals surface area contributed by atoms with Gasteiger partial charge in [0, 0.05) is 10.6 Å². The molecule has 2 amide bonds. The van der Waals surface area contributed by atoms with Crippen LogP contribution in [0.4, 0.5) is 11.4 Å². The second kappa shape index (κ2) is 10.0. The number of anilines is 2. The van der Waals surface area contributed by atoms with Gasteiger partial charge in [-0.3, -0.25) is 14.5 Å². The highest BCUT2D eigenvalue weighted by Crippen LogP contribution is 2.34. The summed E-state index contributed by atoms with van der Waals surface area (Å²) in [6.07, 6.45) is 1.74. The van der Waals surface area contributed by atoms with E-state index in [0.717, 1.165) is 4.88 Å². The molecule has 0 saturated heterocycles. The fraction of sp³-hybridized carbons (Fsp3) is 0.0870. The molecule has 6 nitrogen and oxygen atoms in total. The van der Waals surface area contributed by atoms with Gasteiger partial charge in [-0.2, -0.15) is 0 Å². The number of para-hydroxylation sites is 1. The summed E-state index contributed by atoms with van der Waals surface area (Å²) < 4.78 is 5.21. The lowest BCUT2D eigenvalue weighted by atomic mass is 10.2. The molecular formula is C23H18ClN3O3S2. The van der Waals surface area contributed by atoms with Crippen LogP contribution in [0.25, 0.3) is 6.08 Å². The van der Waals surface area contributed by atoms with E-state index in [0.29, 0.717) is 33.0 Å². The van der Waals surface area contributed by atoms with Crippen molar-refractivity contribution in [3.05, 3.63) is 81.6 Å². The Morgan fingerprint density at radius 1 is 1.22 bits per heavy atom. The molecule has 0 radical (unpaired) electrons. The number of amidine groups is 1. The first-order valence-corrected chi connectivity index (χ1v) is 11.8. The molecule has 9 heteroatoms. The van der Waals surface area contributed by atoms with Gasteiger partial charge in [0.15, 0.2) is 5.17 Å². The standard InChI is InChI=1S/C23H18ClN3O3S2/c1-30-20-10-9-16(12-18(20)24)27-22(29)19(13-17-8-5-11-31-17)26-23(27)32-14-21(28)25-15-6-3-2-4-7-15/h2-13H,14H2,1H3,(H,25,28)/b19-13-. The van der Waals surface area contributed by atoms with Crippen molar-refractivity contribution in [2.45, 2.75) is 0 Å². The Balaban J connectivity index is 1.58. The number of rotatable bonds is 6. The Morgan fingerprint density at radius 3 is 2.72 bits per heavy atom. The van der Waals surface area contributed by atoms with Crippen molar-refractivity contribution in [2.75, 3.05) is 23.1 Å². The van der Waals surface area contributed by atoms with E-state index < -0.39 is 0 Å². The minimum atomic E-state index is -0.286.